The van der Waals surface area contributed by atoms with E-state index in [1.54, 1.807) is 4.90 Å². The highest BCUT2D eigenvalue weighted by molar-refractivity contribution is 7.17. The first-order chi connectivity index (χ1) is 11.5. The van der Waals surface area contributed by atoms with Gasteiger partial charge in [0, 0.05) is 45.3 Å². The quantitative estimate of drug-likeness (QED) is 0.597. The number of nitro groups is 1. The highest BCUT2D eigenvalue weighted by atomic mass is 32.1. The Kier molecular flexibility index (Phi) is 5.10. The van der Waals surface area contributed by atoms with Crippen LogP contribution in [0.5, 0.6) is 0 Å². The van der Waals surface area contributed by atoms with E-state index in [1.165, 1.54) is 12.1 Å². The number of carbonyl (C=O) groups excluding carboxylic acids is 2. The van der Waals surface area contributed by atoms with E-state index in [0.29, 0.717) is 37.6 Å². The van der Waals surface area contributed by atoms with Gasteiger partial charge in [-0.25, -0.2) is 0 Å². The standard InChI is InChI=1S/C15H20N4O4S/c20-13(17-5-1-2-6-17)11-16-7-9-18(10-8-16)15(21)12-3-4-14(24-12)19(22)23/h3-4H,1-2,5-11H2. The molecule has 0 bridgehead atoms. The minimum Gasteiger partial charge on any atom is -0.342 e. The van der Waals surface area contributed by atoms with Gasteiger partial charge >= 0.3 is 5.00 Å². The molecule has 2 aliphatic heterocycles. The Balaban J connectivity index is 1.49. The molecule has 8 nitrogen and oxygen atoms in total. The highest BCUT2D eigenvalue weighted by Gasteiger charge is 2.27. The molecule has 1 aromatic heterocycles. The third-order valence-corrected chi connectivity index (χ3v) is 5.48. The molecule has 0 saturated carbocycles. The lowest BCUT2D eigenvalue weighted by Crippen LogP contribution is -2.51. The zero-order chi connectivity index (χ0) is 17.1. The van der Waals surface area contributed by atoms with Crippen LogP contribution in [0.1, 0.15) is 22.5 Å². The second kappa shape index (κ2) is 7.27. The van der Waals surface area contributed by atoms with E-state index < -0.39 is 4.92 Å². The maximum atomic E-state index is 12.4. The van der Waals surface area contributed by atoms with Crippen LogP contribution in [0.4, 0.5) is 5.00 Å². The van der Waals surface area contributed by atoms with Crippen molar-refractivity contribution in [2.75, 3.05) is 45.8 Å². The van der Waals surface area contributed by atoms with Crippen LogP contribution in [-0.2, 0) is 4.79 Å². The lowest BCUT2D eigenvalue weighted by atomic mass is 10.3. The van der Waals surface area contributed by atoms with Crippen molar-refractivity contribution in [2.45, 2.75) is 12.8 Å². The van der Waals surface area contributed by atoms with Crippen molar-refractivity contribution in [1.29, 1.82) is 0 Å². The van der Waals surface area contributed by atoms with Gasteiger partial charge in [0.1, 0.15) is 0 Å². The zero-order valence-corrected chi connectivity index (χ0v) is 14.2. The highest BCUT2D eigenvalue weighted by Crippen LogP contribution is 2.25. The fraction of sp³-hybridized carbons (Fsp3) is 0.600. The summed E-state index contributed by atoms with van der Waals surface area (Å²) in [6, 6.07) is 2.87. The van der Waals surface area contributed by atoms with E-state index in [4.69, 9.17) is 0 Å². The number of rotatable bonds is 4. The van der Waals surface area contributed by atoms with Crippen LogP contribution >= 0.6 is 11.3 Å². The first-order valence-corrected chi connectivity index (χ1v) is 8.90. The maximum Gasteiger partial charge on any atom is 0.324 e. The number of piperazine rings is 1. The van der Waals surface area contributed by atoms with Crippen LogP contribution in [0, 0.1) is 10.1 Å². The molecule has 0 spiro atoms. The van der Waals surface area contributed by atoms with Gasteiger partial charge in [0.25, 0.3) is 5.91 Å². The Morgan fingerprint density at radius 1 is 1.04 bits per heavy atom. The van der Waals surface area contributed by atoms with E-state index >= 15 is 0 Å². The predicted octanol–water partition coefficient (Wildman–Crippen LogP) is 1.04. The molecule has 2 amide bonds. The maximum absolute atomic E-state index is 12.4. The molecule has 2 saturated heterocycles. The Morgan fingerprint density at radius 3 is 2.29 bits per heavy atom. The minimum atomic E-state index is -0.483. The average molecular weight is 352 g/mol. The summed E-state index contributed by atoms with van der Waals surface area (Å²) >= 11 is 0.906. The Morgan fingerprint density at radius 2 is 1.71 bits per heavy atom. The summed E-state index contributed by atoms with van der Waals surface area (Å²) in [5.41, 5.74) is 0. The van der Waals surface area contributed by atoms with E-state index in [-0.39, 0.29) is 16.8 Å². The summed E-state index contributed by atoms with van der Waals surface area (Å²) in [6.45, 7) is 4.50. The SMILES string of the molecule is O=C(CN1CCN(C(=O)c2ccc([N+](=O)[O-])s2)CC1)N1CCCC1. The van der Waals surface area contributed by atoms with Gasteiger partial charge in [0.2, 0.25) is 5.91 Å². The Bertz CT molecular complexity index is 633. The van der Waals surface area contributed by atoms with Crippen molar-refractivity contribution in [2.24, 2.45) is 0 Å². The molecule has 9 heteroatoms. The molecule has 3 rings (SSSR count). The molecule has 2 aliphatic rings. The molecule has 130 valence electrons. The zero-order valence-electron chi connectivity index (χ0n) is 13.3. The van der Waals surface area contributed by atoms with Gasteiger partial charge in [-0.15, -0.1) is 0 Å². The first-order valence-electron chi connectivity index (χ1n) is 8.08. The van der Waals surface area contributed by atoms with E-state index in [1.807, 2.05) is 4.90 Å². The molecule has 0 N–H and O–H groups in total. The summed E-state index contributed by atoms with van der Waals surface area (Å²) in [6.07, 6.45) is 2.17. The number of nitrogens with zero attached hydrogens (tertiary/aromatic N) is 4. The third-order valence-electron chi connectivity index (χ3n) is 4.46. The van der Waals surface area contributed by atoms with Crippen molar-refractivity contribution in [3.05, 3.63) is 27.1 Å². The van der Waals surface area contributed by atoms with Gasteiger partial charge in [-0.2, -0.15) is 0 Å². The van der Waals surface area contributed by atoms with Gasteiger partial charge in [-0.1, -0.05) is 11.3 Å². The Hall–Kier alpha value is -2.00. The van der Waals surface area contributed by atoms with Gasteiger partial charge in [-0.3, -0.25) is 24.6 Å². The number of hydrogen-bond acceptors (Lipinski definition) is 6. The van der Waals surface area contributed by atoms with Gasteiger partial charge in [-0.05, 0) is 18.9 Å². The summed E-state index contributed by atoms with van der Waals surface area (Å²) in [7, 11) is 0. The molecule has 24 heavy (non-hydrogen) atoms. The Labute approximate surface area is 143 Å². The molecular weight excluding hydrogens is 332 g/mol. The van der Waals surface area contributed by atoms with Crippen LogP contribution in [-0.4, -0.2) is 77.3 Å². The van der Waals surface area contributed by atoms with E-state index in [2.05, 4.69) is 4.90 Å². The first kappa shape index (κ1) is 16.8. The topological polar surface area (TPSA) is 87.0 Å². The number of amides is 2. The van der Waals surface area contributed by atoms with Crippen LogP contribution in [0.2, 0.25) is 0 Å². The van der Waals surface area contributed by atoms with Crippen LogP contribution in [0.15, 0.2) is 12.1 Å². The molecule has 3 heterocycles. The molecule has 2 fully saturated rings. The fourth-order valence-corrected chi connectivity index (χ4v) is 3.85. The van der Waals surface area contributed by atoms with Crippen LogP contribution < -0.4 is 0 Å². The summed E-state index contributed by atoms with van der Waals surface area (Å²) < 4.78 is 0. The van der Waals surface area contributed by atoms with Gasteiger partial charge in [0.05, 0.1) is 16.3 Å². The molecule has 0 aliphatic carbocycles. The fourth-order valence-electron chi connectivity index (χ4n) is 3.06. The number of likely N-dealkylation sites (tertiary alicyclic amines) is 1. The monoisotopic (exact) mass is 352 g/mol. The van der Waals surface area contributed by atoms with Crippen molar-refractivity contribution in [1.82, 2.24) is 14.7 Å². The van der Waals surface area contributed by atoms with Gasteiger partial charge < -0.3 is 9.80 Å². The van der Waals surface area contributed by atoms with E-state index in [9.17, 15) is 19.7 Å². The average Bonchev–Trinajstić information content (AvgIpc) is 3.26. The third kappa shape index (κ3) is 3.73. The van der Waals surface area contributed by atoms with Gasteiger partial charge in [0.15, 0.2) is 0 Å². The normalized spacial score (nSPS) is 18.8. The molecule has 0 atom stereocenters. The summed E-state index contributed by atoms with van der Waals surface area (Å²) in [5, 5.41) is 10.7. The molecule has 0 aromatic carbocycles. The number of thiophene rings is 1. The van der Waals surface area contributed by atoms with Crippen molar-refractivity contribution < 1.29 is 14.5 Å². The second-order valence-electron chi connectivity index (χ2n) is 6.05. The second-order valence-corrected chi connectivity index (χ2v) is 7.11. The van der Waals surface area contributed by atoms with Crippen molar-refractivity contribution in [3.8, 4) is 0 Å². The van der Waals surface area contributed by atoms with Crippen LogP contribution in [0.3, 0.4) is 0 Å². The smallest absolute Gasteiger partial charge is 0.324 e. The lowest BCUT2D eigenvalue weighted by molar-refractivity contribution is -0.380. The molecule has 0 radical (unpaired) electrons. The molecule has 1 aromatic rings. The lowest BCUT2D eigenvalue weighted by Gasteiger charge is -2.34. The number of hydrogen-bond donors (Lipinski definition) is 0. The van der Waals surface area contributed by atoms with Crippen molar-refractivity contribution in [3.63, 3.8) is 0 Å². The minimum absolute atomic E-state index is 0.0202. The summed E-state index contributed by atoms with van der Waals surface area (Å²) in [4.78, 5) is 40.9. The number of carbonyl (C=O) groups is 2. The molecule has 0 unspecified atom stereocenters. The van der Waals surface area contributed by atoms with E-state index in [0.717, 1.165) is 37.3 Å². The summed E-state index contributed by atoms with van der Waals surface area (Å²) in [5.74, 6) is -0.000206. The predicted molar refractivity (Wildman–Crippen MR) is 89.1 cm³/mol. The van der Waals surface area contributed by atoms with Crippen LogP contribution in [0.25, 0.3) is 0 Å². The molecular formula is C15H20N4O4S. The largest absolute Gasteiger partial charge is 0.342 e. The van der Waals surface area contributed by atoms with Crippen molar-refractivity contribution >= 4 is 28.2 Å².